The lowest BCUT2D eigenvalue weighted by Crippen LogP contribution is -2.37. The van der Waals surface area contributed by atoms with E-state index in [2.05, 4.69) is 15.3 Å². The Bertz CT molecular complexity index is 1000. The van der Waals surface area contributed by atoms with Crippen LogP contribution in [0.5, 0.6) is 0 Å². The van der Waals surface area contributed by atoms with Crippen LogP contribution in [0.4, 0.5) is 11.5 Å². The second-order valence-electron chi connectivity index (χ2n) is 6.22. The molecule has 140 valence electrons. The van der Waals surface area contributed by atoms with E-state index in [9.17, 15) is 13.2 Å². The summed E-state index contributed by atoms with van der Waals surface area (Å²) in [5, 5.41) is 11.8. The molecule has 0 radical (unpaired) electrons. The van der Waals surface area contributed by atoms with Crippen molar-refractivity contribution in [3.8, 4) is 6.07 Å². The molecular weight excluding hydrogens is 366 g/mol. The highest BCUT2D eigenvalue weighted by atomic mass is 32.2. The van der Waals surface area contributed by atoms with Crippen LogP contribution in [0.25, 0.3) is 0 Å². The summed E-state index contributed by atoms with van der Waals surface area (Å²) in [5.74, 6) is 0.296. The molecule has 0 saturated carbocycles. The number of anilines is 2. The Morgan fingerprint density at radius 3 is 2.81 bits per heavy atom. The lowest BCUT2D eigenvalue weighted by Gasteiger charge is -2.27. The predicted molar refractivity (Wildman–Crippen MR) is 101 cm³/mol. The molecule has 1 fully saturated rings. The van der Waals surface area contributed by atoms with E-state index in [1.54, 1.807) is 30.3 Å². The number of para-hydroxylation sites is 1. The zero-order valence-electron chi connectivity index (χ0n) is 14.8. The Kier molecular flexibility index (Phi) is 5.37. The third-order valence-corrected chi connectivity index (χ3v) is 6.22. The zero-order chi connectivity index (χ0) is 19.4. The molecule has 1 aliphatic heterocycles. The Hall–Kier alpha value is -2.99. The van der Waals surface area contributed by atoms with Gasteiger partial charge in [-0.25, -0.2) is 18.4 Å². The average Bonchev–Trinajstić information content (AvgIpc) is 3.02. The van der Waals surface area contributed by atoms with Crippen LogP contribution in [-0.2, 0) is 9.84 Å². The van der Waals surface area contributed by atoms with Gasteiger partial charge in [-0.15, -0.1) is 0 Å². The highest BCUT2D eigenvalue weighted by Gasteiger charge is 2.32. The number of benzene rings is 1. The first kappa shape index (κ1) is 18.8. The monoisotopic (exact) mass is 385 g/mol. The average molecular weight is 385 g/mol. The molecule has 2 heterocycles. The van der Waals surface area contributed by atoms with E-state index in [0.29, 0.717) is 30.0 Å². The molecular formula is C18H19N5O3S. The van der Waals surface area contributed by atoms with Crippen LogP contribution in [0.2, 0.25) is 0 Å². The van der Waals surface area contributed by atoms with E-state index in [1.807, 2.05) is 17.9 Å². The molecule has 1 atom stereocenters. The summed E-state index contributed by atoms with van der Waals surface area (Å²) in [6.07, 6.45) is 1.82. The Balaban J connectivity index is 1.82. The summed E-state index contributed by atoms with van der Waals surface area (Å²) < 4.78 is 23.6. The first-order valence-electron chi connectivity index (χ1n) is 8.53. The van der Waals surface area contributed by atoms with Gasteiger partial charge >= 0.3 is 0 Å². The third-order valence-electron chi connectivity index (χ3n) is 4.47. The largest absolute Gasteiger partial charge is 0.353 e. The highest BCUT2D eigenvalue weighted by Crippen LogP contribution is 2.23. The fraction of sp³-hybridized carbons (Fsp3) is 0.333. The second-order valence-corrected chi connectivity index (χ2v) is 8.44. The lowest BCUT2D eigenvalue weighted by atomic mass is 10.2. The highest BCUT2D eigenvalue weighted by molar-refractivity contribution is 7.91. The van der Waals surface area contributed by atoms with Gasteiger partial charge in [0.05, 0.1) is 22.8 Å². The van der Waals surface area contributed by atoms with Crippen molar-refractivity contribution >= 4 is 27.2 Å². The third kappa shape index (κ3) is 4.23. The fourth-order valence-corrected chi connectivity index (χ4v) is 4.86. The van der Waals surface area contributed by atoms with Gasteiger partial charge < -0.3 is 10.2 Å². The van der Waals surface area contributed by atoms with Crippen molar-refractivity contribution in [2.45, 2.75) is 19.4 Å². The van der Waals surface area contributed by atoms with Crippen LogP contribution in [0.1, 0.15) is 29.4 Å². The van der Waals surface area contributed by atoms with E-state index in [1.165, 1.54) is 6.33 Å². The minimum Gasteiger partial charge on any atom is -0.353 e. The zero-order valence-corrected chi connectivity index (χ0v) is 15.6. The van der Waals surface area contributed by atoms with E-state index >= 15 is 0 Å². The van der Waals surface area contributed by atoms with Gasteiger partial charge in [-0.1, -0.05) is 12.1 Å². The van der Waals surface area contributed by atoms with Gasteiger partial charge in [0, 0.05) is 18.7 Å². The van der Waals surface area contributed by atoms with Crippen LogP contribution >= 0.6 is 0 Å². The number of rotatable bonds is 5. The van der Waals surface area contributed by atoms with E-state index < -0.39 is 15.7 Å². The van der Waals surface area contributed by atoms with Crippen molar-refractivity contribution in [2.75, 3.05) is 28.3 Å². The maximum absolute atomic E-state index is 12.5. The number of sulfone groups is 1. The summed E-state index contributed by atoms with van der Waals surface area (Å²) in [6, 6.07) is 10.1. The smallest absolute Gasteiger partial charge is 0.274 e. The van der Waals surface area contributed by atoms with Crippen LogP contribution < -0.4 is 10.2 Å². The number of hydrogen-bond donors (Lipinski definition) is 1. The molecule has 1 saturated heterocycles. The molecule has 0 bridgehead atoms. The van der Waals surface area contributed by atoms with Crippen LogP contribution in [0, 0.1) is 11.3 Å². The molecule has 1 amide bonds. The quantitative estimate of drug-likeness (QED) is 0.831. The number of aromatic nitrogens is 2. The number of nitrogens with one attached hydrogen (secondary N) is 1. The molecule has 9 heteroatoms. The minimum absolute atomic E-state index is 0.0852. The molecule has 1 N–H and O–H groups in total. The summed E-state index contributed by atoms with van der Waals surface area (Å²) in [4.78, 5) is 22.7. The van der Waals surface area contributed by atoms with Crippen LogP contribution in [0.15, 0.2) is 36.7 Å². The van der Waals surface area contributed by atoms with Crippen molar-refractivity contribution in [3.05, 3.63) is 47.9 Å². The van der Waals surface area contributed by atoms with Gasteiger partial charge in [0.1, 0.15) is 23.9 Å². The molecule has 3 rings (SSSR count). The minimum atomic E-state index is -3.03. The molecule has 1 aromatic heterocycles. The molecule has 8 nitrogen and oxygen atoms in total. The molecule has 1 aliphatic rings. The van der Waals surface area contributed by atoms with Crippen molar-refractivity contribution in [1.82, 2.24) is 9.97 Å². The lowest BCUT2D eigenvalue weighted by molar-refractivity contribution is 0.102. The van der Waals surface area contributed by atoms with Crippen molar-refractivity contribution in [1.29, 1.82) is 5.26 Å². The normalized spacial score (nSPS) is 17.9. The summed E-state index contributed by atoms with van der Waals surface area (Å²) in [7, 11) is -3.03. The molecule has 0 spiro atoms. The van der Waals surface area contributed by atoms with Gasteiger partial charge in [0.15, 0.2) is 9.84 Å². The Labute approximate surface area is 157 Å². The van der Waals surface area contributed by atoms with E-state index in [0.717, 1.165) is 0 Å². The maximum atomic E-state index is 12.5. The van der Waals surface area contributed by atoms with Gasteiger partial charge in [0.25, 0.3) is 5.91 Å². The van der Waals surface area contributed by atoms with Gasteiger partial charge in [0.2, 0.25) is 0 Å². The number of carbonyl (C=O) groups is 1. The summed E-state index contributed by atoms with van der Waals surface area (Å²) >= 11 is 0. The van der Waals surface area contributed by atoms with Crippen molar-refractivity contribution in [2.24, 2.45) is 0 Å². The Morgan fingerprint density at radius 2 is 2.15 bits per heavy atom. The van der Waals surface area contributed by atoms with E-state index in [-0.39, 0.29) is 23.2 Å². The molecule has 0 aliphatic carbocycles. The number of carbonyl (C=O) groups excluding carboxylic acids is 1. The molecule has 1 unspecified atom stereocenters. The van der Waals surface area contributed by atoms with Crippen LogP contribution in [-0.4, -0.2) is 48.4 Å². The van der Waals surface area contributed by atoms with Gasteiger partial charge in [-0.2, -0.15) is 5.26 Å². The fourth-order valence-electron chi connectivity index (χ4n) is 3.13. The van der Waals surface area contributed by atoms with Crippen molar-refractivity contribution in [3.63, 3.8) is 0 Å². The number of nitrogens with zero attached hydrogens (tertiary/aromatic N) is 4. The predicted octanol–water partition coefficient (Wildman–Crippen LogP) is 1.61. The number of nitriles is 1. The van der Waals surface area contributed by atoms with Gasteiger partial charge in [-0.05, 0) is 25.5 Å². The van der Waals surface area contributed by atoms with Crippen molar-refractivity contribution < 1.29 is 13.2 Å². The topological polar surface area (TPSA) is 116 Å². The molecule has 27 heavy (non-hydrogen) atoms. The first-order chi connectivity index (χ1) is 12.9. The second kappa shape index (κ2) is 7.72. The van der Waals surface area contributed by atoms with E-state index in [4.69, 9.17) is 5.26 Å². The molecule has 2 aromatic rings. The summed E-state index contributed by atoms with van der Waals surface area (Å²) in [6.45, 7) is 2.48. The number of amides is 1. The molecule has 1 aromatic carbocycles. The van der Waals surface area contributed by atoms with Gasteiger partial charge in [-0.3, -0.25) is 4.79 Å². The van der Waals surface area contributed by atoms with Crippen LogP contribution in [0.3, 0.4) is 0 Å². The summed E-state index contributed by atoms with van der Waals surface area (Å²) in [5.41, 5.74) is 0.901. The maximum Gasteiger partial charge on any atom is 0.274 e. The first-order valence-corrected chi connectivity index (χ1v) is 10.3. The number of hydrogen-bond acceptors (Lipinski definition) is 7. The Morgan fingerprint density at radius 1 is 1.37 bits per heavy atom. The standard InChI is InChI=1S/C18H19N5O3S/c1-2-23(14-7-8-27(25,26)11-14)17-9-16(20-12-21-17)18(24)22-15-6-4-3-5-13(15)10-19/h3-6,9,12,14H,2,7-8,11H2,1H3,(H,22,24). The SMILES string of the molecule is CCN(c1cc(C(=O)Nc2ccccc2C#N)ncn1)C1CCS(=O)(=O)C1.